The van der Waals surface area contributed by atoms with Crippen LogP contribution in [0, 0.1) is 5.92 Å². The van der Waals surface area contributed by atoms with Gasteiger partial charge in [-0.15, -0.1) is 0 Å². The van der Waals surface area contributed by atoms with Gasteiger partial charge in [0.1, 0.15) is 0 Å². The van der Waals surface area contributed by atoms with Gasteiger partial charge in [0.05, 0.1) is 6.54 Å². The number of hydrogen-bond acceptors (Lipinski definition) is 3. The first-order valence-electron chi connectivity index (χ1n) is 5.23. The summed E-state index contributed by atoms with van der Waals surface area (Å²) in [4.78, 5) is 15.0. The number of hydrogen-bond donors (Lipinski definition) is 1. The SMILES string of the molecule is CN(CCC1CCN(C)C1)CC(N)=O. The van der Waals surface area contributed by atoms with Crippen LogP contribution in [0.25, 0.3) is 0 Å². The summed E-state index contributed by atoms with van der Waals surface area (Å²) in [6.45, 7) is 3.76. The number of likely N-dealkylation sites (tertiary alicyclic amines) is 1. The van der Waals surface area contributed by atoms with E-state index in [9.17, 15) is 4.79 Å². The maximum atomic E-state index is 10.6. The molecule has 1 amide bonds. The Morgan fingerprint density at radius 1 is 1.64 bits per heavy atom. The first kappa shape index (κ1) is 11.5. The maximum Gasteiger partial charge on any atom is 0.231 e. The smallest absolute Gasteiger partial charge is 0.231 e. The second-order valence-electron chi connectivity index (χ2n) is 4.41. The van der Waals surface area contributed by atoms with Crippen LogP contribution in [-0.2, 0) is 4.79 Å². The lowest BCUT2D eigenvalue weighted by molar-refractivity contribution is -0.118. The predicted octanol–water partition coefficient (Wildman–Crippen LogP) is -0.255. The molecule has 1 atom stereocenters. The first-order chi connectivity index (χ1) is 6.58. The largest absolute Gasteiger partial charge is 0.369 e. The van der Waals surface area contributed by atoms with Crippen molar-refractivity contribution in [2.24, 2.45) is 11.7 Å². The number of nitrogens with two attached hydrogens (primary N) is 1. The molecule has 1 aliphatic heterocycles. The Morgan fingerprint density at radius 2 is 2.36 bits per heavy atom. The van der Waals surface area contributed by atoms with Crippen LogP contribution in [0.2, 0.25) is 0 Å². The summed E-state index contributed by atoms with van der Waals surface area (Å²) in [6.07, 6.45) is 2.47. The quantitative estimate of drug-likeness (QED) is 0.664. The zero-order chi connectivity index (χ0) is 10.6. The zero-order valence-corrected chi connectivity index (χ0v) is 9.20. The molecular formula is C10H21N3O. The Labute approximate surface area is 86.0 Å². The van der Waals surface area contributed by atoms with Crippen molar-refractivity contribution in [2.45, 2.75) is 12.8 Å². The van der Waals surface area contributed by atoms with Crippen LogP contribution in [0.5, 0.6) is 0 Å². The Balaban J connectivity index is 2.11. The van der Waals surface area contributed by atoms with Gasteiger partial charge in [-0.1, -0.05) is 0 Å². The summed E-state index contributed by atoms with van der Waals surface area (Å²) >= 11 is 0. The second kappa shape index (κ2) is 5.32. The average molecular weight is 199 g/mol. The van der Waals surface area contributed by atoms with Gasteiger partial charge in [0.25, 0.3) is 0 Å². The number of carbonyl (C=O) groups excluding carboxylic acids is 1. The number of primary amides is 1. The van der Waals surface area contributed by atoms with E-state index in [4.69, 9.17) is 5.73 Å². The highest BCUT2D eigenvalue weighted by atomic mass is 16.1. The van der Waals surface area contributed by atoms with Gasteiger partial charge in [0.15, 0.2) is 0 Å². The van der Waals surface area contributed by atoms with Gasteiger partial charge in [-0.05, 0) is 45.9 Å². The number of carbonyl (C=O) groups is 1. The molecule has 0 aromatic rings. The highest BCUT2D eigenvalue weighted by Crippen LogP contribution is 2.17. The molecule has 14 heavy (non-hydrogen) atoms. The summed E-state index contributed by atoms with van der Waals surface area (Å²) in [7, 11) is 4.11. The number of likely N-dealkylation sites (N-methyl/N-ethyl adjacent to an activating group) is 1. The molecule has 0 bridgehead atoms. The predicted molar refractivity (Wildman–Crippen MR) is 56.9 cm³/mol. The third kappa shape index (κ3) is 4.07. The molecular weight excluding hydrogens is 178 g/mol. The summed E-state index contributed by atoms with van der Waals surface area (Å²) < 4.78 is 0. The Bertz CT molecular complexity index is 196. The van der Waals surface area contributed by atoms with Crippen molar-refractivity contribution in [1.29, 1.82) is 0 Å². The molecule has 0 aromatic heterocycles. The minimum atomic E-state index is -0.240. The molecule has 1 saturated heterocycles. The van der Waals surface area contributed by atoms with E-state index in [1.54, 1.807) is 0 Å². The molecule has 82 valence electrons. The highest BCUT2D eigenvalue weighted by Gasteiger charge is 2.19. The van der Waals surface area contributed by atoms with Crippen molar-refractivity contribution in [3.63, 3.8) is 0 Å². The third-order valence-corrected chi connectivity index (χ3v) is 2.83. The monoisotopic (exact) mass is 199 g/mol. The third-order valence-electron chi connectivity index (χ3n) is 2.83. The van der Waals surface area contributed by atoms with E-state index < -0.39 is 0 Å². The molecule has 1 fully saturated rings. The molecule has 1 aliphatic rings. The lowest BCUT2D eigenvalue weighted by Gasteiger charge is -2.17. The van der Waals surface area contributed by atoms with Crippen molar-refractivity contribution >= 4 is 5.91 Å². The van der Waals surface area contributed by atoms with E-state index in [1.165, 1.54) is 25.9 Å². The molecule has 0 aromatic carbocycles. The fraction of sp³-hybridized carbons (Fsp3) is 0.900. The minimum absolute atomic E-state index is 0.240. The molecule has 0 aliphatic carbocycles. The number of amides is 1. The molecule has 0 spiro atoms. The van der Waals surface area contributed by atoms with Crippen LogP contribution < -0.4 is 5.73 Å². The van der Waals surface area contributed by atoms with Crippen LogP contribution in [0.3, 0.4) is 0 Å². The standard InChI is InChI=1S/C10H21N3O/c1-12-5-3-9(7-12)4-6-13(2)8-10(11)14/h9H,3-8H2,1-2H3,(H2,11,14). The number of nitrogens with zero attached hydrogens (tertiary/aromatic N) is 2. The molecule has 1 heterocycles. The summed E-state index contributed by atoms with van der Waals surface area (Å²) in [5.74, 6) is 0.561. The maximum absolute atomic E-state index is 10.6. The summed E-state index contributed by atoms with van der Waals surface area (Å²) in [5.41, 5.74) is 5.11. The fourth-order valence-corrected chi connectivity index (χ4v) is 2.01. The van der Waals surface area contributed by atoms with E-state index in [-0.39, 0.29) is 5.91 Å². The normalized spacial score (nSPS) is 23.2. The lowest BCUT2D eigenvalue weighted by Crippen LogP contribution is -2.32. The van der Waals surface area contributed by atoms with E-state index in [0.717, 1.165) is 12.5 Å². The van der Waals surface area contributed by atoms with Crippen molar-refractivity contribution in [3.8, 4) is 0 Å². The van der Waals surface area contributed by atoms with Gasteiger partial charge >= 0.3 is 0 Å². The molecule has 1 rings (SSSR count). The van der Waals surface area contributed by atoms with E-state index in [1.807, 2.05) is 11.9 Å². The van der Waals surface area contributed by atoms with Crippen molar-refractivity contribution < 1.29 is 4.79 Å². The first-order valence-corrected chi connectivity index (χ1v) is 5.23. The van der Waals surface area contributed by atoms with Gasteiger partial charge in [-0.2, -0.15) is 0 Å². The Morgan fingerprint density at radius 3 is 2.86 bits per heavy atom. The van der Waals surface area contributed by atoms with E-state index in [0.29, 0.717) is 6.54 Å². The Hall–Kier alpha value is -0.610. The summed E-state index contributed by atoms with van der Waals surface area (Å²) in [6, 6.07) is 0. The average Bonchev–Trinajstić information content (AvgIpc) is 2.47. The minimum Gasteiger partial charge on any atom is -0.369 e. The molecule has 2 N–H and O–H groups in total. The highest BCUT2D eigenvalue weighted by molar-refractivity contribution is 5.75. The van der Waals surface area contributed by atoms with Gasteiger partial charge < -0.3 is 10.6 Å². The zero-order valence-electron chi connectivity index (χ0n) is 9.20. The van der Waals surface area contributed by atoms with Crippen LogP contribution in [0.4, 0.5) is 0 Å². The fourth-order valence-electron chi connectivity index (χ4n) is 2.01. The van der Waals surface area contributed by atoms with Gasteiger partial charge in [0, 0.05) is 6.54 Å². The van der Waals surface area contributed by atoms with Gasteiger partial charge in [0.2, 0.25) is 5.91 Å². The lowest BCUT2D eigenvalue weighted by atomic mass is 10.1. The summed E-state index contributed by atoms with van der Waals surface area (Å²) in [5, 5.41) is 0. The van der Waals surface area contributed by atoms with Crippen LogP contribution in [-0.4, -0.2) is 56.0 Å². The molecule has 4 heteroatoms. The van der Waals surface area contributed by atoms with E-state index in [2.05, 4.69) is 11.9 Å². The van der Waals surface area contributed by atoms with Crippen molar-refractivity contribution in [3.05, 3.63) is 0 Å². The molecule has 4 nitrogen and oxygen atoms in total. The van der Waals surface area contributed by atoms with Crippen LogP contribution in [0.1, 0.15) is 12.8 Å². The van der Waals surface area contributed by atoms with Gasteiger partial charge in [-0.3, -0.25) is 9.69 Å². The van der Waals surface area contributed by atoms with Crippen LogP contribution >= 0.6 is 0 Å². The van der Waals surface area contributed by atoms with Crippen LogP contribution in [0.15, 0.2) is 0 Å². The van der Waals surface area contributed by atoms with Gasteiger partial charge in [-0.25, -0.2) is 0 Å². The number of rotatable bonds is 5. The molecule has 0 saturated carbocycles. The van der Waals surface area contributed by atoms with E-state index >= 15 is 0 Å². The Kier molecular flexibility index (Phi) is 4.35. The van der Waals surface area contributed by atoms with Crippen molar-refractivity contribution in [2.75, 3.05) is 40.3 Å². The second-order valence-corrected chi connectivity index (χ2v) is 4.41. The van der Waals surface area contributed by atoms with Crippen molar-refractivity contribution in [1.82, 2.24) is 9.80 Å². The topological polar surface area (TPSA) is 49.6 Å². The molecule has 0 radical (unpaired) electrons. The molecule has 1 unspecified atom stereocenters.